The highest BCUT2D eigenvalue weighted by Crippen LogP contribution is 2.28. The summed E-state index contributed by atoms with van der Waals surface area (Å²) in [6, 6.07) is 8.32. The number of pyridine rings is 1. The van der Waals surface area contributed by atoms with Crippen LogP contribution in [-0.2, 0) is 26.3 Å². The molecular formula is C21H21N3O. The maximum absolute atomic E-state index is 13.2. The normalized spacial score (nSPS) is 13.3. The molecule has 4 rings (SSSR count). The molecule has 4 heteroatoms. The van der Waals surface area contributed by atoms with E-state index in [0.29, 0.717) is 0 Å². The molecule has 0 saturated heterocycles. The van der Waals surface area contributed by atoms with Crippen molar-refractivity contribution in [3.63, 3.8) is 0 Å². The highest BCUT2D eigenvalue weighted by Gasteiger charge is 2.23. The number of carbonyl (C=O) groups excluding carboxylic acids is 1. The number of benzene rings is 1. The van der Waals surface area contributed by atoms with E-state index in [2.05, 4.69) is 35.2 Å². The zero-order valence-electron chi connectivity index (χ0n) is 14.6. The lowest BCUT2D eigenvalue weighted by atomic mass is 9.95. The van der Waals surface area contributed by atoms with Crippen LogP contribution in [0.1, 0.15) is 46.1 Å². The van der Waals surface area contributed by atoms with Crippen molar-refractivity contribution in [1.82, 2.24) is 14.8 Å². The molecule has 1 aliphatic rings. The Kier molecular flexibility index (Phi) is 3.96. The SMILES string of the molecule is CCCc1ccc2c(c1)C(=O)c1cc(-c3cnn(C)c3)cnc1CC2. The monoisotopic (exact) mass is 331 g/mol. The number of aryl methyl sites for hydroxylation is 4. The summed E-state index contributed by atoms with van der Waals surface area (Å²) in [6.07, 6.45) is 9.34. The van der Waals surface area contributed by atoms with Crippen LogP contribution in [0.5, 0.6) is 0 Å². The van der Waals surface area contributed by atoms with Crippen LogP contribution in [0.25, 0.3) is 11.1 Å². The van der Waals surface area contributed by atoms with Crippen molar-refractivity contribution >= 4 is 5.78 Å². The van der Waals surface area contributed by atoms with Crippen LogP contribution in [0.3, 0.4) is 0 Å². The van der Waals surface area contributed by atoms with Crippen LogP contribution in [0.15, 0.2) is 42.9 Å². The van der Waals surface area contributed by atoms with E-state index in [1.54, 1.807) is 10.9 Å². The van der Waals surface area contributed by atoms with Gasteiger partial charge < -0.3 is 0 Å². The van der Waals surface area contributed by atoms with Crippen molar-refractivity contribution < 1.29 is 4.79 Å². The van der Waals surface area contributed by atoms with E-state index in [9.17, 15) is 4.79 Å². The fourth-order valence-electron chi connectivity index (χ4n) is 3.51. The third-order valence-electron chi connectivity index (χ3n) is 4.84. The first-order valence-corrected chi connectivity index (χ1v) is 8.80. The Labute approximate surface area is 147 Å². The Hall–Kier alpha value is -2.75. The molecule has 126 valence electrons. The van der Waals surface area contributed by atoms with E-state index in [-0.39, 0.29) is 5.78 Å². The number of fused-ring (bicyclic) bond motifs is 2. The average molecular weight is 331 g/mol. The molecule has 1 aliphatic carbocycles. The van der Waals surface area contributed by atoms with E-state index in [1.807, 2.05) is 25.5 Å². The van der Waals surface area contributed by atoms with Gasteiger partial charge in [-0.15, -0.1) is 0 Å². The van der Waals surface area contributed by atoms with Gasteiger partial charge in [0.05, 0.1) is 11.9 Å². The Morgan fingerprint density at radius 2 is 1.96 bits per heavy atom. The third kappa shape index (κ3) is 2.88. The van der Waals surface area contributed by atoms with Crippen molar-refractivity contribution in [3.05, 3.63) is 70.8 Å². The minimum absolute atomic E-state index is 0.0960. The minimum Gasteiger partial charge on any atom is -0.289 e. The van der Waals surface area contributed by atoms with Gasteiger partial charge in [-0.2, -0.15) is 5.10 Å². The van der Waals surface area contributed by atoms with Gasteiger partial charge in [0.2, 0.25) is 0 Å². The first kappa shape index (κ1) is 15.8. The largest absolute Gasteiger partial charge is 0.289 e. The van der Waals surface area contributed by atoms with Gasteiger partial charge in [0.1, 0.15) is 0 Å². The first-order valence-electron chi connectivity index (χ1n) is 8.80. The number of ketones is 1. The first-order chi connectivity index (χ1) is 12.2. The fraction of sp³-hybridized carbons (Fsp3) is 0.286. The lowest BCUT2D eigenvalue weighted by Crippen LogP contribution is -2.06. The van der Waals surface area contributed by atoms with Gasteiger partial charge in [-0.25, -0.2) is 0 Å². The van der Waals surface area contributed by atoms with Gasteiger partial charge in [-0.05, 0) is 42.5 Å². The average Bonchev–Trinajstić information content (AvgIpc) is 3.01. The molecule has 2 heterocycles. The molecule has 0 fully saturated rings. The topological polar surface area (TPSA) is 47.8 Å². The smallest absolute Gasteiger partial charge is 0.195 e. The summed E-state index contributed by atoms with van der Waals surface area (Å²) in [5.74, 6) is 0.0960. The molecule has 3 aromatic rings. The summed E-state index contributed by atoms with van der Waals surface area (Å²) in [7, 11) is 1.89. The quantitative estimate of drug-likeness (QED) is 0.734. The van der Waals surface area contributed by atoms with E-state index in [4.69, 9.17) is 0 Å². The van der Waals surface area contributed by atoms with Crippen molar-refractivity contribution in [2.75, 3.05) is 0 Å². The fourth-order valence-corrected chi connectivity index (χ4v) is 3.51. The van der Waals surface area contributed by atoms with Crippen LogP contribution in [-0.4, -0.2) is 20.5 Å². The molecule has 0 aliphatic heterocycles. The van der Waals surface area contributed by atoms with Crippen molar-refractivity contribution in [3.8, 4) is 11.1 Å². The number of aromatic nitrogens is 3. The molecule has 0 amide bonds. The molecule has 0 atom stereocenters. The van der Waals surface area contributed by atoms with Gasteiger partial charge in [0.25, 0.3) is 0 Å². The second-order valence-electron chi connectivity index (χ2n) is 6.69. The van der Waals surface area contributed by atoms with Crippen molar-refractivity contribution in [1.29, 1.82) is 0 Å². The summed E-state index contributed by atoms with van der Waals surface area (Å²) in [5.41, 5.74) is 6.75. The molecule has 0 unspecified atom stereocenters. The molecule has 0 N–H and O–H groups in total. The van der Waals surface area contributed by atoms with E-state index < -0.39 is 0 Å². The number of carbonyl (C=O) groups is 1. The molecule has 0 spiro atoms. The summed E-state index contributed by atoms with van der Waals surface area (Å²) in [6.45, 7) is 2.16. The van der Waals surface area contributed by atoms with Gasteiger partial charge in [-0.3, -0.25) is 14.5 Å². The second kappa shape index (κ2) is 6.28. The Balaban J connectivity index is 1.80. The molecule has 0 radical (unpaired) electrons. The van der Waals surface area contributed by atoms with E-state index in [1.165, 1.54) is 5.56 Å². The number of hydrogen-bond acceptors (Lipinski definition) is 3. The molecule has 0 bridgehead atoms. The van der Waals surface area contributed by atoms with Gasteiger partial charge in [0.15, 0.2) is 5.78 Å². The van der Waals surface area contributed by atoms with E-state index in [0.717, 1.165) is 59.2 Å². The standard InChI is InChI=1S/C21H21N3O/c1-3-4-14-5-6-15-7-8-20-19(21(25)18(15)9-14)10-16(11-22-20)17-12-23-24(2)13-17/h5-6,9-13H,3-4,7-8H2,1-2H3. The van der Waals surface area contributed by atoms with Crippen molar-refractivity contribution in [2.45, 2.75) is 32.6 Å². The Bertz CT molecular complexity index is 956. The molecule has 0 saturated carbocycles. The third-order valence-corrected chi connectivity index (χ3v) is 4.84. The second-order valence-corrected chi connectivity index (χ2v) is 6.69. The summed E-state index contributed by atoms with van der Waals surface area (Å²) in [5, 5.41) is 4.21. The molecule has 1 aromatic carbocycles. The highest BCUT2D eigenvalue weighted by atomic mass is 16.1. The molecule has 2 aromatic heterocycles. The van der Waals surface area contributed by atoms with Crippen LogP contribution in [0.2, 0.25) is 0 Å². The molecular weight excluding hydrogens is 310 g/mol. The predicted octanol–water partition coefficient (Wildman–Crippen LogP) is 3.76. The lowest BCUT2D eigenvalue weighted by molar-refractivity contribution is 0.103. The lowest BCUT2D eigenvalue weighted by Gasteiger charge is -2.08. The number of nitrogens with zero attached hydrogens (tertiary/aromatic N) is 3. The summed E-state index contributed by atoms with van der Waals surface area (Å²) in [4.78, 5) is 17.8. The minimum atomic E-state index is 0.0960. The summed E-state index contributed by atoms with van der Waals surface area (Å²) >= 11 is 0. The van der Waals surface area contributed by atoms with Gasteiger partial charge >= 0.3 is 0 Å². The zero-order chi connectivity index (χ0) is 17.4. The number of hydrogen-bond donors (Lipinski definition) is 0. The van der Waals surface area contributed by atoms with E-state index >= 15 is 0 Å². The maximum atomic E-state index is 13.2. The van der Waals surface area contributed by atoms with Gasteiger partial charge in [-0.1, -0.05) is 25.5 Å². The van der Waals surface area contributed by atoms with Gasteiger partial charge in [0, 0.05) is 41.7 Å². The van der Waals surface area contributed by atoms with Crippen LogP contribution in [0, 0.1) is 0 Å². The van der Waals surface area contributed by atoms with Crippen LogP contribution in [0.4, 0.5) is 0 Å². The van der Waals surface area contributed by atoms with Crippen LogP contribution >= 0.6 is 0 Å². The van der Waals surface area contributed by atoms with Crippen LogP contribution < -0.4 is 0 Å². The Morgan fingerprint density at radius 3 is 2.72 bits per heavy atom. The zero-order valence-corrected chi connectivity index (χ0v) is 14.6. The highest BCUT2D eigenvalue weighted by molar-refractivity contribution is 6.11. The molecule has 25 heavy (non-hydrogen) atoms. The number of rotatable bonds is 3. The Morgan fingerprint density at radius 1 is 1.08 bits per heavy atom. The maximum Gasteiger partial charge on any atom is 0.195 e. The molecule has 4 nitrogen and oxygen atoms in total. The summed E-state index contributed by atoms with van der Waals surface area (Å²) < 4.78 is 1.76. The van der Waals surface area contributed by atoms with Crippen molar-refractivity contribution in [2.24, 2.45) is 7.05 Å². The predicted molar refractivity (Wildman–Crippen MR) is 97.7 cm³/mol.